The summed E-state index contributed by atoms with van der Waals surface area (Å²) in [7, 11) is 1.56. The standard InChI is InChI=1S/C25H24F2N4O2/c1-4-7-22(32)17-8-5-10-19(12-17)31-15-16(2)25(26,27)21-14-28-24(30-23(21)31)29-18-9-6-11-20(13-18)33-3/h4-14,16H,15H2,1-3H3,(H,28,29,30)/b7-4+. The number of aromatic nitrogens is 2. The van der Waals surface area contributed by atoms with E-state index in [0.717, 1.165) is 0 Å². The Labute approximate surface area is 190 Å². The number of benzene rings is 2. The quantitative estimate of drug-likeness (QED) is 0.374. The molecule has 2 aromatic carbocycles. The van der Waals surface area contributed by atoms with Crippen LogP contribution in [0.1, 0.15) is 29.8 Å². The lowest BCUT2D eigenvalue weighted by Gasteiger charge is -2.38. The summed E-state index contributed by atoms with van der Waals surface area (Å²) < 4.78 is 35.3. The average molecular weight is 450 g/mol. The van der Waals surface area contributed by atoms with E-state index in [1.807, 2.05) is 0 Å². The molecule has 1 aliphatic heterocycles. The molecule has 1 aliphatic rings. The van der Waals surface area contributed by atoms with Gasteiger partial charge in [0.2, 0.25) is 5.95 Å². The van der Waals surface area contributed by atoms with Crippen LogP contribution in [0.3, 0.4) is 0 Å². The normalized spacial score (nSPS) is 17.0. The summed E-state index contributed by atoms with van der Waals surface area (Å²) in [5, 5.41) is 3.05. The van der Waals surface area contributed by atoms with Gasteiger partial charge in [0.05, 0.1) is 12.7 Å². The molecule has 33 heavy (non-hydrogen) atoms. The number of fused-ring (bicyclic) bond motifs is 1. The van der Waals surface area contributed by atoms with Crippen molar-refractivity contribution < 1.29 is 18.3 Å². The summed E-state index contributed by atoms with van der Waals surface area (Å²) in [6.45, 7) is 3.30. The third kappa shape index (κ3) is 4.41. The second kappa shape index (κ2) is 8.97. The van der Waals surface area contributed by atoms with Gasteiger partial charge >= 0.3 is 0 Å². The molecule has 8 heteroatoms. The number of hydrogen-bond donors (Lipinski definition) is 1. The summed E-state index contributed by atoms with van der Waals surface area (Å²) in [5.41, 5.74) is 1.50. The second-order valence-electron chi connectivity index (χ2n) is 7.84. The highest BCUT2D eigenvalue weighted by molar-refractivity contribution is 6.05. The Kier molecular flexibility index (Phi) is 6.09. The van der Waals surface area contributed by atoms with Gasteiger partial charge < -0.3 is 15.0 Å². The van der Waals surface area contributed by atoms with Gasteiger partial charge in [0.1, 0.15) is 11.6 Å². The first kappa shape index (κ1) is 22.4. The van der Waals surface area contributed by atoms with Gasteiger partial charge in [0, 0.05) is 41.7 Å². The fraction of sp³-hybridized carbons (Fsp3) is 0.240. The Morgan fingerprint density at radius 2 is 2.03 bits per heavy atom. The van der Waals surface area contributed by atoms with E-state index >= 15 is 8.78 Å². The zero-order valence-electron chi connectivity index (χ0n) is 18.5. The van der Waals surface area contributed by atoms with Crippen molar-refractivity contribution in [3.63, 3.8) is 0 Å². The van der Waals surface area contributed by atoms with Crippen molar-refractivity contribution in [2.75, 3.05) is 23.9 Å². The van der Waals surface area contributed by atoms with Crippen LogP contribution in [0.4, 0.5) is 31.9 Å². The Bertz CT molecular complexity index is 1210. The van der Waals surface area contributed by atoms with Gasteiger partial charge in [-0.2, -0.15) is 4.98 Å². The molecule has 0 aliphatic carbocycles. The number of hydrogen-bond acceptors (Lipinski definition) is 6. The van der Waals surface area contributed by atoms with E-state index in [4.69, 9.17) is 4.74 Å². The minimum Gasteiger partial charge on any atom is -0.497 e. The Hall–Kier alpha value is -3.81. The molecular weight excluding hydrogens is 426 g/mol. The van der Waals surface area contributed by atoms with Gasteiger partial charge in [-0.25, -0.2) is 13.8 Å². The fourth-order valence-corrected chi connectivity index (χ4v) is 3.75. The zero-order chi connectivity index (χ0) is 23.6. The second-order valence-corrected chi connectivity index (χ2v) is 7.84. The molecule has 0 bridgehead atoms. The molecule has 6 nitrogen and oxygen atoms in total. The highest BCUT2D eigenvalue weighted by Gasteiger charge is 2.47. The number of methoxy groups -OCH3 is 1. The lowest BCUT2D eigenvalue weighted by molar-refractivity contribution is -0.0594. The number of allylic oxidation sites excluding steroid dienone is 2. The number of carbonyl (C=O) groups is 1. The van der Waals surface area contributed by atoms with Crippen molar-refractivity contribution in [1.29, 1.82) is 0 Å². The highest BCUT2D eigenvalue weighted by atomic mass is 19.3. The van der Waals surface area contributed by atoms with Crippen LogP contribution in [-0.4, -0.2) is 29.4 Å². The molecule has 4 rings (SSSR count). The number of alkyl halides is 2. The van der Waals surface area contributed by atoms with Crippen LogP contribution in [0.25, 0.3) is 0 Å². The number of nitrogens with zero attached hydrogens (tertiary/aromatic N) is 3. The van der Waals surface area contributed by atoms with Crippen LogP contribution in [0.2, 0.25) is 0 Å². The van der Waals surface area contributed by atoms with Crippen LogP contribution in [-0.2, 0) is 5.92 Å². The maximum atomic E-state index is 15.0. The predicted molar refractivity (Wildman–Crippen MR) is 124 cm³/mol. The number of rotatable bonds is 6. The van der Waals surface area contributed by atoms with Crippen molar-refractivity contribution in [2.24, 2.45) is 5.92 Å². The zero-order valence-corrected chi connectivity index (χ0v) is 18.5. The third-order valence-electron chi connectivity index (χ3n) is 5.55. The van der Waals surface area contributed by atoms with E-state index in [9.17, 15) is 4.79 Å². The van der Waals surface area contributed by atoms with E-state index in [1.165, 1.54) is 19.2 Å². The molecule has 3 aromatic rings. The summed E-state index contributed by atoms with van der Waals surface area (Å²) in [4.78, 5) is 22.6. The SMILES string of the molecule is C/C=C/C(=O)c1cccc(N2CC(C)C(F)(F)c3cnc(Nc4cccc(OC)c4)nc32)c1. The van der Waals surface area contributed by atoms with Gasteiger partial charge in [-0.15, -0.1) is 0 Å². The van der Waals surface area contributed by atoms with E-state index in [0.29, 0.717) is 22.7 Å². The summed E-state index contributed by atoms with van der Waals surface area (Å²) in [5.74, 6) is -3.28. The number of ketones is 1. The molecule has 0 fully saturated rings. The molecule has 170 valence electrons. The first-order valence-corrected chi connectivity index (χ1v) is 10.5. The largest absolute Gasteiger partial charge is 0.497 e. The number of halogens is 2. The van der Waals surface area contributed by atoms with E-state index in [-0.39, 0.29) is 29.7 Å². The van der Waals surface area contributed by atoms with Crippen LogP contribution >= 0.6 is 0 Å². The minimum atomic E-state index is -3.08. The fourth-order valence-electron chi connectivity index (χ4n) is 3.75. The number of ether oxygens (including phenoxy) is 1. The van der Waals surface area contributed by atoms with Gasteiger partial charge in [0.25, 0.3) is 5.92 Å². The first-order chi connectivity index (χ1) is 15.8. The van der Waals surface area contributed by atoms with Crippen molar-refractivity contribution in [2.45, 2.75) is 19.8 Å². The minimum absolute atomic E-state index is 0.0386. The van der Waals surface area contributed by atoms with Crippen LogP contribution in [0, 0.1) is 5.92 Å². The molecular formula is C25H24F2N4O2. The molecule has 2 heterocycles. The van der Waals surface area contributed by atoms with Crippen molar-refractivity contribution in [1.82, 2.24) is 9.97 Å². The Balaban J connectivity index is 1.76. The van der Waals surface area contributed by atoms with Gasteiger partial charge in [-0.1, -0.05) is 31.2 Å². The lowest BCUT2D eigenvalue weighted by Crippen LogP contribution is -2.41. The van der Waals surface area contributed by atoms with Gasteiger partial charge in [0.15, 0.2) is 5.78 Å². The maximum Gasteiger partial charge on any atom is 0.282 e. The van der Waals surface area contributed by atoms with Crippen LogP contribution in [0.15, 0.2) is 66.9 Å². The van der Waals surface area contributed by atoms with Gasteiger partial charge in [-0.05, 0) is 37.3 Å². The average Bonchev–Trinajstić information content (AvgIpc) is 2.82. The van der Waals surface area contributed by atoms with Gasteiger partial charge in [-0.3, -0.25) is 4.79 Å². The van der Waals surface area contributed by atoms with Crippen LogP contribution in [0.5, 0.6) is 5.75 Å². The number of anilines is 4. The molecule has 0 saturated carbocycles. The number of nitrogens with one attached hydrogen (secondary N) is 1. The lowest BCUT2D eigenvalue weighted by atomic mass is 9.92. The first-order valence-electron chi connectivity index (χ1n) is 10.5. The van der Waals surface area contributed by atoms with Crippen molar-refractivity contribution >= 4 is 28.9 Å². The molecule has 0 saturated heterocycles. The van der Waals surface area contributed by atoms with E-state index in [1.54, 1.807) is 73.5 Å². The molecule has 1 atom stereocenters. The predicted octanol–water partition coefficient (Wildman–Crippen LogP) is 5.87. The number of carbonyl (C=O) groups excluding carboxylic acids is 1. The molecule has 0 spiro atoms. The topological polar surface area (TPSA) is 67.4 Å². The van der Waals surface area contributed by atoms with Crippen molar-refractivity contribution in [3.05, 3.63) is 78.0 Å². The molecule has 1 unspecified atom stereocenters. The summed E-state index contributed by atoms with van der Waals surface area (Å²) >= 11 is 0. The third-order valence-corrected chi connectivity index (χ3v) is 5.55. The monoisotopic (exact) mass is 450 g/mol. The maximum absolute atomic E-state index is 15.0. The van der Waals surface area contributed by atoms with E-state index < -0.39 is 11.8 Å². The van der Waals surface area contributed by atoms with Crippen molar-refractivity contribution in [3.8, 4) is 5.75 Å². The molecule has 0 amide bonds. The smallest absolute Gasteiger partial charge is 0.282 e. The summed E-state index contributed by atoms with van der Waals surface area (Å²) in [6, 6.07) is 14.1. The van der Waals surface area contributed by atoms with Crippen LogP contribution < -0.4 is 15.0 Å². The Morgan fingerprint density at radius 3 is 2.79 bits per heavy atom. The Morgan fingerprint density at radius 1 is 1.24 bits per heavy atom. The molecule has 1 N–H and O–H groups in total. The molecule has 1 aromatic heterocycles. The van der Waals surface area contributed by atoms with E-state index in [2.05, 4.69) is 15.3 Å². The molecule has 0 radical (unpaired) electrons. The summed E-state index contributed by atoms with van der Waals surface area (Å²) in [6.07, 6.45) is 4.30. The highest BCUT2D eigenvalue weighted by Crippen LogP contribution is 2.47.